The van der Waals surface area contributed by atoms with Crippen LogP contribution in [0.1, 0.15) is 78.6 Å². The van der Waals surface area contributed by atoms with Gasteiger partial charge in [-0.25, -0.2) is 0 Å². The third kappa shape index (κ3) is 3.76. The van der Waals surface area contributed by atoms with Gasteiger partial charge >= 0.3 is 0 Å². The normalized spacial score (nSPS) is 52.3. The van der Waals surface area contributed by atoms with Gasteiger partial charge in [0, 0.05) is 6.42 Å². The molecule has 0 aromatic heterocycles. The Kier molecular flexibility index (Phi) is 6.30. The molecule has 0 saturated heterocycles. The highest BCUT2D eigenvalue weighted by molar-refractivity contribution is 6.46. The summed E-state index contributed by atoms with van der Waals surface area (Å²) in [6.07, 6.45) is 6.28. The molecule has 0 aliphatic heterocycles. The van der Waals surface area contributed by atoms with Crippen LogP contribution in [0.2, 0.25) is 0 Å². The number of hydrogen-bond donors (Lipinski definition) is 4. The molecule has 4 saturated carbocycles. The molecule has 30 heavy (non-hydrogen) atoms. The van der Waals surface area contributed by atoms with Crippen molar-refractivity contribution in [3.63, 3.8) is 0 Å². The summed E-state index contributed by atoms with van der Waals surface area (Å²) in [5, 5.41) is 42.8. The van der Waals surface area contributed by atoms with Crippen LogP contribution in [0.25, 0.3) is 0 Å². The topological polar surface area (TPSA) is 80.9 Å². The molecule has 174 valence electrons. The lowest BCUT2D eigenvalue weighted by Crippen LogP contribution is -2.62. The van der Waals surface area contributed by atoms with E-state index >= 15 is 0 Å². The molecule has 4 aliphatic carbocycles. The van der Waals surface area contributed by atoms with E-state index < -0.39 is 4.52 Å². The van der Waals surface area contributed by atoms with Crippen molar-refractivity contribution in [3.05, 3.63) is 0 Å². The van der Waals surface area contributed by atoms with Gasteiger partial charge in [0.15, 0.2) is 0 Å². The van der Waals surface area contributed by atoms with Crippen LogP contribution in [0.5, 0.6) is 0 Å². The van der Waals surface area contributed by atoms with E-state index in [0.717, 1.165) is 51.4 Å². The highest BCUT2D eigenvalue weighted by Crippen LogP contribution is 2.68. The van der Waals surface area contributed by atoms with E-state index in [4.69, 9.17) is 23.2 Å². The van der Waals surface area contributed by atoms with Crippen molar-refractivity contribution in [1.82, 2.24) is 0 Å². The summed E-state index contributed by atoms with van der Waals surface area (Å²) in [5.74, 6) is 1.82. The monoisotopic (exact) mass is 462 g/mol. The van der Waals surface area contributed by atoms with Gasteiger partial charge in [0.25, 0.3) is 0 Å². The van der Waals surface area contributed by atoms with Gasteiger partial charge in [-0.1, -0.05) is 44.0 Å². The van der Waals surface area contributed by atoms with E-state index in [0.29, 0.717) is 36.0 Å². The zero-order valence-corrected chi connectivity index (χ0v) is 20.1. The summed E-state index contributed by atoms with van der Waals surface area (Å²) < 4.78 is -1.70. The van der Waals surface area contributed by atoms with Crippen molar-refractivity contribution in [2.75, 3.05) is 0 Å². The Bertz CT molecular complexity index is 639. The molecule has 0 amide bonds. The second-order valence-electron chi connectivity index (χ2n) is 11.7. The van der Waals surface area contributed by atoms with E-state index in [2.05, 4.69) is 20.8 Å². The Morgan fingerprint density at radius 1 is 1.00 bits per heavy atom. The predicted molar refractivity (Wildman–Crippen MR) is 119 cm³/mol. The van der Waals surface area contributed by atoms with E-state index in [1.54, 1.807) is 0 Å². The Morgan fingerprint density at radius 2 is 1.70 bits per heavy atom. The number of halogens is 2. The summed E-state index contributed by atoms with van der Waals surface area (Å²) in [5.41, 5.74) is -0.126. The van der Waals surface area contributed by atoms with Crippen LogP contribution < -0.4 is 0 Å². The van der Waals surface area contributed by atoms with Crippen molar-refractivity contribution in [1.29, 1.82) is 0 Å². The second-order valence-corrected chi connectivity index (χ2v) is 13.2. The number of aliphatic hydroxyl groups excluding tert-OH is 3. The van der Waals surface area contributed by atoms with Gasteiger partial charge in [0.1, 0.15) is 0 Å². The molecule has 6 heteroatoms. The maximum Gasteiger partial charge on any atom is 0.214 e. The molecule has 0 unspecified atom stereocenters. The molecule has 4 fully saturated rings. The van der Waals surface area contributed by atoms with Crippen molar-refractivity contribution in [2.45, 2.75) is 101 Å². The van der Waals surface area contributed by atoms with Crippen LogP contribution in [-0.4, -0.2) is 43.3 Å². The maximum atomic E-state index is 11.5. The van der Waals surface area contributed by atoms with Crippen molar-refractivity contribution >= 4 is 23.2 Å². The number of fused-ring (bicyclic) bond motifs is 5. The van der Waals surface area contributed by atoms with Gasteiger partial charge in [-0.3, -0.25) is 0 Å². The minimum atomic E-state index is -1.70. The molecule has 0 aromatic rings. The van der Waals surface area contributed by atoms with Crippen LogP contribution in [0.4, 0.5) is 0 Å². The molecular weight excluding hydrogens is 423 g/mol. The Balaban J connectivity index is 1.59. The standard InChI is InChI=1S/C24H40Cl2O4/c1-13(6-9-24(25,26)30)16-4-5-17-21-18(12-20(29)23(16,17)3)22(2)8-7-15(27)10-14(22)11-19(21)28/h13-21,27-30H,4-12H2,1-3H3/t13-,14-,15+,16+,17-,18-,19+,20-,21+,22-,23+/m0/s1. The molecule has 0 bridgehead atoms. The third-order valence-corrected chi connectivity index (χ3v) is 10.8. The van der Waals surface area contributed by atoms with Gasteiger partial charge < -0.3 is 20.4 Å². The number of aliphatic hydroxyl groups is 4. The maximum absolute atomic E-state index is 11.5. The summed E-state index contributed by atoms with van der Waals surface area (Å²) in [6.45, 7) is 6.79. The summed E-state index contributed by atoms with van der Waals surface area (Å²) in [4.78, 5) is 0. The molecule has 0 heterocycles. The van der Waals surface area contributed by atoms with E-state index in [1.165, 1.54) is 0 Å². The zero-order valence-electron chi connectivity index (χ0n) is 18.6. The summed E-state index contributed by atoms with van der Waals surface area (Å²) in [6, 6.07) is 0. The molecule has 0 radical (unpaired) electrons. The molecule has 0 spiro atoms. The Hall–Kier alpha value is 0.420. The first-order valence-electron chi connectivity index (χ1n) is 12.0. The van der Waals surface area contributed by atoms with Crippen LogP contribution >= 0.6 is 23.2 Å². The first-order chi connectivity index (χ1) is 13.9. The lowest BCUT2D eigenvalue weighted by Gasteiger charge is -2.63. The van der Waals surface area contributed by atoms with Crippen LogP contribution in [0.3, 0.4) is 0 Å². The van der Waals surface area contributed by atoms with Crippen molar-refractivity contribution < 1.29 is 20.4 Å². The molecule has 11 atom stereocenters. The number of alkyl halides is 2. The average Bonchev–Trinajstić information content (AvgIpc) is 3.00. The van der Waals surface area contributed by atoms with Crippen molar-refractivity contribution in [3.8, 4) is 0 Å². The fourth-order valence-electron chi connectivity index (χ4n) is 8.73. The van der Waals surface area contributed by atoms with E-state index in [9.17, 15) is 20.4 Å². The number of hydrogen-bond acceptors (Lipinski definition) is 4. The molecule has 0 aromatic carbocycles. The predicted octanol–water partition coefficient (Wildman–Crippen LogP) is 4.49. The minimum Gasteiger partial charge on any atom is -0.393 e. The van der Waals surface area contributed by atoms with Crippen LogP contribution in [-0.2, 0) is 0 Å². The third-order valence-electron chi connectivity index (χ3n) is 10.4. The van der Waals surface area contributed by atoms with Gasteiger partial charge in [-0.05, 0) is 97.7 Å². The smallest absolute Gasteiger partial charge is 0.214 e. The molecule has 4 nitrogen and oxygen atoms in total. The van der Waals surface area contributed by atoms with Crippen molar-refractivity contribution in [2.24, 2.45) is 46.3 Å². The quantitative estimate of drug-likeness (QED) is 0.464. The lowest BCUT2D eigenvalue weighted by atomic mass is 9.43. The summed E-state index contributed by atoms with van der Waals surface area (Å²) in [7, 11) is 0. The minimum absolute atomic E-state index is 0.100. The van der Waals surface area contributed by atoms with E-state index in [1.807, 2.05) is 0 Å². The highest BCUT2D eigenvalue weighted by atomic mass is 35.5. The van der Waals surface area contributed by atoms with Gasteiger partial charge in [-0.2, -0.15) is 0 Å². The second kappa shape index (κ2) is 8.02. The molecule has 4 N–H and O–H groups in total. The van der Waals surface area contributed by atoms with Gasteiger partial charge in [0.05, 0.1) is 18.3 Å². The fourth-order valence-corrected chi connectivity index (χ4v) is 8.95. The van der Waals surface area contributed by atoms with Gasteiger partial charge in [-0.15, -0.1) is 0 Å². The van der Waals surface area contributed by atoms with Crippen LogP contribution in [0.15, 0.2) is 0 Å². The average molecular weight is 463 g/mol. The largest absolute Gasteiger partial charge is 0.393 e. The molecule has 4 rings (SSSR count). The first-order valence-corrected chi connectivity index (χ1v) is 12.8. The molecular formula is C24H40Cl2O4. The lowest BCUT2D eigenvalue weighted by molar-refractivity contribution is -0.207. The Morgan fingerprint density at radius 3 is 2.37 bits per heavy atom. The number of rotatable bonds is 4. The Labute approximate surface area is 191 Å². The fraction of sp³-hybridized carbons (Fsp3) is 1.00. The summed E-state index contributed by atoms with van der Waals surface area (Å²) >= 11 is 11.6. The first kappa shape index (κ1) is 23.6. The van der Waals surface area contributed by atoms with Gasteiger partial charge in [0.2, 0.25) is 4.52 Å². The van der Waals surface area contributed by atoms with E-state index in [-0.39, 0.29) is 35.1 Å². The highest BCUT2D eigenvalue weighted by Gasteiger charge is 2.65. The zero-order chi connectivity index (χ0) is 22.1. The van der Waals surface area contributed by atoms with Crippen LogP contribution in [0, 0.1) is 46.3 Å². The SMILES string of the molecule is C[C@@H](CCC(O)(Cl)Cl)[C@H]1CC[C@H]2[C@H]3[C@H](O)C[C@@H]4C[C@H](O)CC[C@]4(C)[C@H]3C[C@H](O)[C@]12C. The molecule has 4 aliphatic rings.